The number of carbonyl (C=O) groups excluding carboxylic acids is 4. The molecule has 21 nitrogen and oxygen atoms in total. The molecule has 97 heavy (non-hydrogen) atoms. The van der Waals surface area contributed by atoms with Crippen LogP contribution in [0.5, 0.6) is 28.7 Å². The van der Waals surface area contributed by atoms with Gasteiger partial charge in [0.25, 0.3) is 0 Å². The Kier molecular flexibility index (Phi) is 31.8. The first kappa shape index (κ1) is 87.5. The summed E-state index contributed by atoms with van der Waals surface area (Å²) in [6.07, 6.45) is -7.96. The van der Waals surface area contributed by atoms with Crippen molar-refractivity contribution in [1.29, 1.82) is 0 Å². The number of phenolic OH excluding ortho intramolecular Hbond substituents is 5. The van der Waals surface area contributed by atoms with Gasteiger partial charge < -0.3 is 44.5 Å². The van der Waals surface area contributed by atoms with Gasteiger partial charge in [0.2, 0.25) is 39.3 Å². The first-order valence-electron chi connectivity index (χ1n) is 27.3. The van der Waals surface area contributed by atoms with Gasteiger partial charge in [0.1, 0.15) is 34.3 Å². The van der Waals surface area contributed by atoms with Gasteiger partial charge in [-0.3, -0.25) is 0 Å². The second-order valence-corrected chi connectivity index (χ2v) is 28.9. The molecule has 0 radical (unpaired) electrons. The van der Waals surface area contributed by atoms with Crippen LogP contribution in [0.25, 0.3) is 0 Å². The molecule has 0 aliphatic heterocycles. The lowest BCUT2D eigenvalue weighted by atomic mass is 10.1. The summed E-state index contributed by atoms with van der Waals surface area (Å²) in [4.78, 5) is 46.3. The zero-order valence-corrected chi connectivity index (χ0v) is 54.2. The molecule has 5 N–H and O–H groups in total. The number of halogens is 16. The Morgan fingerprint density at radius 3 is 0.918 bits per heavy atom. The van der Waals surface area contributed by atoms with Gasteiger partial charge in [-0.1, -0.05) is 18.2 Å². The Morgan fingerprint density at radius 1 is 0.320 bits per heavy atom. The van der Waals surface area contributed by atoms with Gasteiger partial charge in [-0.25, -0.2) is 52.8 Å². The summed E-state index contributed by atoms with van der Waals surface area (Å²) in [7, 11) is -21.0. The molecule has 0 bridgehead atoms. The number of unbranched alkanes of at least 4 members (excludes halogenated alkanes) is 4. The van der Waals surface area contributed by atoms with Gasteiger partial charge in [0.15, 0.2) is 0 Å². The molecule has 0 aliphatic rings. The maximum atomic E-state index is 13.3. The first-order valence-corrected chi connectivity index (χ1v) is 34.9. The van der Waals surface area contributed by atoms with Crippen molar-refractivity contribution in [3.63, 3.8) is 0 Å². The van der Waals surface area contributed by atoms with Crippen LogP contribution in [-0.2, 0) is 58.3 Å². The second-order valence-electron chi connectivity index (χ2n) is 20.7. The van der Waals surface area contributed by atoms with Crippen molar-refractivity contribution in [2.24, 2.45) is 0 Å². The van der Waals surface area contributed by atoms with Crippen LogP contribution in [0.2, 0.25) is 0 Å². The monoisotopic (exact) mass is 1500 g/mol. The molecule has 4 aromatic carbocycles. The van der Waals surface area contributed by atoms with Gasteiger partial charge in [-0.05, 0) is 118 Å². The molecule has 0 saturated heterocycles. The van der Waals surface area contributed by atoms with E-state index in [1.165, 1.54) is 66.7 Å². The van der Waals surface area contributed by atoms with Gasteiger partial charge in [0, 0.05) is 56.8 Å². The maximum absolute atomic E-state index is 13.3. The molecule has 0 heterocycles. The number of alkyl halides is 16. The third kappa shape index (κ3) is 26.0. The third-order valence-corrected chi connectivity index (χ3v) is 17.4. The number of para-hydroxylation sites is 1. The zero-order valence-electron chi connectivity index (χ0n) is 50.9. The SMILES string of the molecule is CS(=O)(=O)C(F)(F)C(F)(F)CCCCOC(=O)c1cc(O)cc(O)c1.CS(=O)(=O)C(F)(F)C(F)(F)CCCCOC(=O)c1ccc(O)cc1.CS(=O)(=O)C(F)(F)C(F)(F)CCCCOC(=O)c1cccc(O)c1.CS(=O)(=O)C(F)(F)C(F)(F)CCCCOC(=O)c1ccccc1O. The summed E-state index contributed by atoms with van der Waals surface area (Å²) in [5, 5.41) is 25.4. The number of ether oxygens (including phenoxy) is 4. The van der Waals surface area contributed by atoms with Crippen molar-refractivity contribution in [2.45, 2.75) is 122 Å². The van der Waals surface area contributed by atoms with Gasteiger partial charge in [-0.15, -0.1) is 0 Å². The van der Waals surface area contributed by atoms with E-state index in [0.29, 0.717) is 0 Å². The lowest BCUT2D eigenvalue weighted by molar-refractivity contribution is -0.161. The van der Waals surface area contributed by atoms with Crippen LogP contribution in [0.1, 0.15) is 118 Å². The van der Waals surface area contributed by atoms with Crippen LogP contribution in [0.15, 0.2) is 91.0 Å². The van der Waals surface area contributed by atoms with E-state index in [4.69, 9.17) is 24.1 Å². The highest BCUT2D eigenvalue weighted by atomic mass is 32.2. The number of benzene rings is 4. The fourth-order valence-electron chi connectivity index (χ4n) is 7.04. The van der Waals surface area contributed by atoms with E-state index in [2.05, 4.69) is 0 Å². The summed E-state index contributed by atoms with van der Waals surface area (Å²) in [6.45, 7) is -1.33. The molecule has 0 saturated carbocycles. The van der Waals surface area contributed by atoms with E-state index in [0.717, 1.165) is 24.3 Å². The average molecular weight is 1510 g/mol. The van der Waals surface area contributed by atoms with Crippen molar-refractivity contribution < 1.29 is 168 Å². The lowest BCUT2D eigenvalue weighted by Crippen LogP contribution is -2.46. The fraction of sp³-hybridized carbons (Fsp3) is 0.500. The largest absolute Gasteiger partial charge is 0.508 e. The fourth-order valence-corrected chi connectivity index (χ4v) is 9.62. The van der Waals surface area contributed by atoms with Crippen LogP contribution in [-0.4, -0.2) is 179 Å². The summed E-state index contributed by atoms with van der Waals surface area (Å²) in [5.74, 6) is -23.6. The number of esters is 4. The highest BCUT2D eigenvalue weighted by molar-refractivity contribution is 7.92. The van der Waals surface area contributed by atoms with Crippen LogP contribution >= 0.6 is 0 Å². The standard InChI is InChI=1S/C14H16F4O6S.3C14H16F4O5S/c1-25(22,23)14(17,18)13(15,16)4-2-3-5-24-12(21)9-6-10(19)8-11(20)7-9;1-24(21,22)14(17,18)13(15,16)8-2-3-9-23-12(20)10-4-6-11(19)7-5-10;1-24(21,22)14(17,18)13(15,16)7-2-3-8-23-12(20)10-5-4-6-11(19)9-10;1-24(21,22)14(17,18)13(15,16)8-4-5-9-23-12(20)10-6-2-3-7-11(10)19/h6-8,19-20H,2-5H2,1H3;4-7,19H,2-3,8-9H2,1H3;4-6,9,19H,2-3,7-8H2,1H3;2-3,6-7,19H,4-5,8-9H2,1H3. The van der Waals surface area contributed by atoms with Crippen LogP contribution in [0.4, 0.5) is 70.2 Å². The van der Waals surface area contributed by atoms with E-state index in [1.807, 2.05) is 0 Å². The molecule has 4 rings (SSSR count). The van der Waals surface area contributed by atoms with E-state index in [1.54, 1.807) is 0 Å². The van der Waals surface area contributed by atoms with Crippen molar-refractivity contribution in [1.82, 2.24) is 0 Å². The van der Waals surface area contributed by atoms with Gasteiger partial charge in [-0.2, -0.15) is 70.2 Å². The Morgan fingerprint density at radius 2 is 0.608 bits per heavy atom. The van der Waals surface area contributed by atoms with Crippen molar-refractivity contribution >= 4 is 63.2 Å². The molecule has 0 fully saturated rings. The van der Waals surface area contributed by atoms with Crippen molar-refractivity contribution in [3.8, 4) is 28.7 Å². The maximum Gasteiger partial charge on any atom is 0.406 e. The lowest BCUT2D eigenvalue weighted by Gasteiger charge is -2.24. The van der Waals surface area contributed by atoms with E-state index in [9.17, 15) is 144 Å². The molecule has 0 atom stereocenters. The molecule has 0 aliphatic carbocycles. The Labute approximate surface area is 544 Å². The highest BCUT2D eigenvalue weighted by Crippen LogP contribution is 2.45. The topological polar surface area (TPSA) is 343 Å². The number of hydrogen-bond acceptors (Lipinski definition) is 21. The number of sulfone groups is 4. The van der Waals surface area contributed by atoms with Crippen LogP contribution < -0.4 is 0 Å². The highest BCUT2D eigenvalue weighted by Gasteiger charge is 2.65. The molecule has 0 spiro atoms. The summed E-state index contributed by atoms with van der Waals surface area (Å²) >= 11 is 0. The number of phenols is 5. The first-order chi connectivity index (χ1) is 43.9. The molecule has 41 heteroatoms. The normalized spacial score (nSPS) is 12.9. The quantitative estimate of drug-likeness (QED) is 0.0131. The minimum atomic E-state index is -5.28. The number of carbonyl (C=O) groups is 4. The van der Waals surface area contributed by atoms with E-state index >= 15 is 0 Å². The minimum Gasteiger partial charge on any atom is -0.508 e. The van der Waals surface area contributed by atoms with Crippen molar-refractivity contribution in [3.05, 3.63) is 113 Å². The predicted molar refractivity (Wildman–Crippen MR) is 310 cm³/mol. The van der Waals surface area contributed by atoms with Gasteiger partial charge >= 0.3 is 68.6 Å². The average Bonchev–Trinajstić information content (AvgIpc) is 0.804. The van der Waals surface area contributed by atoms with Gasteiger partial charge in [0.05, 0.1) is 43.1 Å². The number of rotatable bonds is 32. The summed E-state index contributed by atoms with van der Waals surface area (Å²) in [6, 6.07) is 18.8. The molecule has 0 aromatic heterocycles. The Hall–Kier alpha value is -7.56. The molecular weight excluding hydrogens is 1440 g/mol. The smallest absolute Gasteiger partial charge is 0.406 e. The van der Waals surface area contributed by atoms with Crippen LogP contribution in [0, 0.1) is 0 Å². The predicted octanol–water partition coefficient (Wildman–Crippen LogP) is 11.7. The summed E-state index contributed by atoms with van der Waals surface area (Å²) < 4.78 is 317. The number of hydrogen-bond donors (Lipinski definition) is 5. The molecular formula is C56H64F16O21S4. The number of aromatic hydroxyl groups is 5. The Balaban J connectivity index is 0.000000647. The Bertz CT molecular complexity index is 3730. The summed E-state index contributed by atoms with van der Waals surface area (Å²) in [5.41, 5.74) is -0.136. The molecule has 550 valence electrons. The van der Waals surface area contributed by atoms with E-state index in [-0.39, 0.29) is 110 Å². The third-order valence-electron chi connectivity index (χ3n) is 12.5. The van der Waals surface area contributed by atoms with Crippen LogP contribution in [0.3, 0.4) is 0 Å². The molecule has 0 unspecified atom stereocenters. The molecule has 4 aromatic rings. The van der Waals surface area contributed by atoms with Crippen molar-refractivity contribution in [2.75, 3.05) is 51.5 Å². The zero-order chi connectivity index (χ0) is 75.3. The molecule has 0 amide bonds. The second kappa shape index (κ2) is 35.3. The minimum absolute atomic E-state index is 0.0212. The van der Waals surface area contributed by atoms with E-state index < -0.39 is 177 Å².